The first-order valence-corrected chi connectivity index (χ1v) is 6.82. The predicted molar refractivity (Wildman–Crippen MR) is 78.0 cm³/mol. The van der Waals surface area contributed by atoms with Gasteiger partial charge in [0.25, 0.3) is 0 Å². The average molecular weight is 293 g/mol. The fraction of sp³-hybridized carbons (Fsp3) is 0.294. The molecule has 0 aliphatic rings. The fourth-order valence-corrected chi connectivity index (χ4v) is 2.28. The van der Waals surface area contributed by atoms with Crippen LogP contribution in [-0.2, 0) is 19.0 Å². The van der Waals surface area contributed by atoms with Crippen LogP contribution in [0.1, 0.15) is 22.3 Å². The summed E-state index contributed by atoms with van der Waals surface area (Å²) < 4.78 is 38.0. The van der Waals surface area contributed by atoms with Gasteiger partial charge in [-0.1, -0.05) is 48.0 Å². The topological polar surface area (TPSA) is 26.0 Å². The van der Waals surface area contributed by atoms with E-state index in [0.717, 1.165) is 11.6 Å². The molecule has 0 spiro atoms. The van der Waals surface area contributed by atoms with Crippen molar-refractivity contribution in [3.05, 3.63) is 70.8 Å². The molecule has 2 aromatic carbocycles. The van der Waals surface area contributed by atoms with E-state index in [1.807, 2.05) is 31.2 Å². The number of rotatable bonds is 4. The molecule has 2 rings (SSSR count). The Balaban J connectivity index is 2.02. The summed E-state index contributed by atoms with van der Waals surface area (Å²) >= 11 is 0. The van der Waals surface area contributed by atoms with Gasteiger partial charge in [-0.2, -0.15) is 13.2 Å². The van der Waals surface area contributed by atoms with Gasteiger partial charge in [-0.25, -0.2) is 0 Å². The lowest BCUT2D eigenvalue weighted by molar-refractivity contribution is -0.137. The maximum absolute atomic E-state index is 12.7. The zero-order chi connectivity index (χ0) is 15.5. The minimum Gasteiger partial charge on any atom is -0.327 e. The molecule has 112 valence electrons. The van der Waals surface area contributed by atoms with Crippen molar-refractivity contribution in [2.45, 2.75) is 32.0 Å². The number of nitrogens with two attached hydrogens (primary N) is 1. The lowest BCUT2D eigenvalue weighted by Crippen LogP contribution is -2.25. The van der Waals surface area contributed by atoms with Crippen LogP contribution in [0.2, 0.25) is 0 Å². The van der Waals surface area contributed by atoms with Gasteiger partial charge in [0, 0.05) is 6.04 Å². The molecule has 2 N–H and O–H groups in total. The minimum atomic E-state index is -4.31. The second-order valence-corrected chi connectivity index (χ2v) is 5.35. The van der Waals surface area contributed by atoms with Crippen LogP contribution in [0.3, 0.4) is 0 Å². The van der Waals surface area contributed by atoms with Crippen LogP contribution in [0.25, 0.3) is 0 Å². The van der Waals surface area contributed by atoms with Crippen LogP contribution in [0.15, 0.2) is 48.5 Å². The molecule has 0 aliphatic heterocycles. The van der Waals surface area contributed by atoms with Crippen LogP contribution >= 0.6 is 0 Å². The van der Waals surface area contributed by atoms with E-state index in [9.17, 15) is 13.2 Å². The van der Waals surface area contributed by atoms with Crippen LogP contribution in [0.4, 0.5) is 13.2 Å². The van der Waals surface area contributed by atoms with Gasteiger partial charge in [-0.15, -0.1) is 0 Å². The Morgan fingerprint density at radius 2 is 1.57 bits per heavy atom. The Morgan fingerprint density at radius 1 is 0.952 bits per heavy atom. The molecule has 0 aliphatic carbocycles. The van der Waals surface area contributed by atoms with E-state index in [4.69, 9.17) is 5.73 Å². The highest BCUT2D eigenvalue weighted by Gasteiger charge is 2.30. The Kier molecular flexibility index (Phi) is 4.68. The largest absolute Gasteiger partial charge is 0.416 e. The van der Waals surface area contributed by atoms with Gasteiger partial charge in [-0.05, 0) is 37.0 Å². The van der Waals surface area contributed by atoms with Crippen LogP contribution in [0, 0.1) is 6.92 Å². The lowest BCUT2D eigenvalue weighted by atomic mass is 9.98. The molecule has 0 saturated heterocycles. The molecule has 1 unspecified atom stereocenters. The van der Waals surface area contributed by atoms with Crippen LogP contribution in [0.5, 0.6) is 0 Å². The molecule has 2 aromatic rings. The van der Waals surface area contributed by atoms with Gasteiger partial charge in [0.2, 0.25) is 0 Å². The maximum atomic E-state index is 12.7. The summed E-state index contributed by atoms with van der Waals surface area (Å²) in [6, 6.07) is 13.2. The first kappa shape index (κ1) is 15.6. The van der Waals surface area contributed by atoms with E-state index in [2.05, 4.69) is 0 Å². The summed E-state index contributed by atoms with van der Waals surface area (Å²) in [7, 11) is 0. The van der Waals surface area contributed by atoms with Crippen molar-refractivity contribution in [2.24, 2.45) is 5.73 Å². The second kappa shape index (κ2) is 6.31. The third-order valence-corrected chi connectivity index (χ3v) is 3.37. The Labute approximate surface area is 122 Å². The quantitative estimate of drug-likeness (QED) is 0.901. The molecular formula is C17H18F3N. The highest BCUT2D eigenvalue weighted by atomic mass is 19.4. The number of aryl methyl sites for hydroxylation is 1. The van der Waals surface area contributed by atoms with E-state index in [-0.39, 0.29) is 6.04 Å². The molecule has 1 atom stereocenters. The molecular weight excluding hydrogens is 275 g/mol. The van der Waals surface area contributed by atoms with Crippen molar-refractivity contribution >= 4 is 0 Å². The predicted octanol–water partition coefficient (Wildman–Crippen LogP) is 4.13. The maximum Gasteiger partial charge on any atom is 0.416 e. The fourth-order valence-electron chi connectivity index (χ4n) is 2.28. The zero-order valence-corrected chi connectivity index (χ0v) is 11.8. The first-order chi connectivity index (χ1) is 9.84. The van der Waals surface area contributed by atoms with Crippen LogP contribution < -0.4 is 5.73 Å². The SMILES string of the molecule is Cc1ccc(CC(N)Cc2cccc(C(F)(F)F)c2)cc1. The third-order valence-electron chi connectivity index (χ3n) is 3.37. The van der Waals surface area contributed by atoms with Crippen molar-refractivity contribution < 1.29 is 13.2 Å². The van der Waals surface area contributed by atoms with E-state index >= 15 is 0 Å². The van der Waals surface area contributed by atoms with Crippen molar-refractivity contribution in [3.8, 4) is 0 Å². The Hall–Kier alpha value is -1.81. The normalized spacial score (nSPS) is 13.2. The number of benzene rings is 2. The second-order valence-electron chi connectivity index (χ2n) is 5.35. The molecule has 1 nitrogen and oxygen atoms in total. The molecule has 4 heteroatoms. The number of hydrogen-bond donors (Lipinski definition) is 1. The van der Waals surface area contributed by atoms with E-state index < -0.39 is 11.7 Å². The molecule has 0 fully saturated rings. The standard InChI is InChI=1S/C17H18F3N/c1-12-5-7-13(8-6-12)10-16(21)11-14-3-2-4-15(9-14)17(18,19)20/h2-9,16H,10-11,21H2,1H3. The summed E-state index contributed by atoms with van der Waals surface area (Å²) in [4.78, 5) is 0. The molecule has 0 aromatic heterocycles. The number of halogens is 3. The van der Waals surface area contributed by atoms with Crippen molar-refractivity contribution in [1.82, 2.24) is 0 Å². The van der Waals surface area contributed by atoms with E-state index in [0.29, 0.717) is 18.4 Å². The molecule has 0 radical (unpaired) electrons. The highest BCUT2D eigenvalue weighted by Crippen LogP contribution is 2.29. The van der Waals surface area contributed by atoms with Gasteiger partial charge in [0.15, 0.2) is 0 Å². The summed E-state index contributed by atoms with van der Waals surface area (Å²) in [6.45, 7) is 2.01. The van der Waals surface area contributed by atoms with Crippen molar-refractivity contribution in [2.75, 3.05) is 0 Å². The van der Waals surface area contributed by atoms with Gasteiger partial charge < -0.3 is 5.73 Å². The van der Waals surface area contributed by atoms with Gasteiger partial charge in [0.1, 0.15) is 0 Å². The van der Waals surface area contributed by atoms with Crippen molar-refractivity contribution in [1.29, 1.82) is 0 Å². The highest BCUT2D eigenvalue weighted by molar-refractivity contribution is 5.27. The Morgan fingerprint density at radius 3 is 2.19 bits per heavy atom. The van der Waals surface area contributed by atoms with E-state index in [1.165, 1.54) is 17.7 Å². The van der Waals surface area contributed by atoms with Crippen molar-refractivity contribution in [3.63, 3.8) is 0 Å². The monoisotopic (exact) mass is 293 g/mol. The molecule has 0 amide bonds. The summed E-state index contributed by atoms with van der Waals surface area (Å²) in [5.74, 6) is 0. The lowest BCUT2D eigenvalue weighted by Gasteiger charge is -2.14. The van der Waals surface area contributed by atoms with E-state index in [1.54, 1.807) is 6.07 Å². The number of hydrogen-bond acceptors (Lipinski definition) is 1. The smallest absolute Gasteiger partial charge is 0.327 e. The average Bonchev–Trinajstić information content (AvgIpc) is 2.41. The summed E-state index contributed by atoms with van der Waals surface area (Å²) in [5, 5.41) is 0. The summed E-state index contributed by atoms with van der Waals surface area (Å²) in [6.07, 6.45) is -3.23. The van der Waals surface area contributed by atoms with Gasteiger partial charge in [-0.3, -0.25) is 0 Å². The number of alkyl halides is 3. The molecule has 0 heterocycles. The summed E-state index contributed by atoms with van der Waals surface area (Å²) in [5.41, 5.74) is 8.32. The molecule has 0 bridgehead atoms. The Bertz CT molecular complexity index is 588. The zero-order valence-electron chi connectivity index (χ0n) is 11.8. The minimum absolute atomic E-state index is 0.198. The first-order valence-electron chi connectivity index (χ1n) is 6.82. The third kappa shape index (κ3) is 4.60. The molecule has 21 heavy (non-hydrogen) atoms. The van der Waals surface area contributed by atoms with Gasteiger partial charge >= 0.3 is 6.18 Å². The van der Waals surface area contributed by atoms with Gasteiger partial charge in [0.05, 0.1) is 5.56 Å². The van der Waals surface area contributed by atoms with Crippen LogP contribution in [-0.4, -0.2) is 6.04 Å². The molecule has 0 saturated carbocycles.